The third kappa shape index (κ3) is 5.03. The highest BCUT2D eigenvalue weighted by atomic mass is 16.7. The molecule has 1 aliphatic heterocycles. The van der Waals surface area contributed by atoms with Crippen LogP contribution in [0.3, 0.4) is 0 Å². The molecule has 2 atom stereocenters. The monoisotopic (exact) mass is 423 g/mol. The normalized spacial score (nSPS) is 14.3. The SMILES string of the molecule is CC[C@@H](C)[C@H](NC(=O)COCc1ccccc1)c1nc(-c2ccc3c(c2)OCO3)no1. The van der Waals surface area contributed by atoms with Gasteiger partial charge in [-0.15, -0.1) is 0 Å². The Morgan fingerprint density at radius 2 is 1.97 bits per heavy atom. The van der Waals surface area contributed by atoms with Gasteiger partial charge in [0.25, 0.3) is 0 Å². The van der Waals surface area contributed by atoms with Crippen molar-refractivity contribution in [2.45, 2.75) is 32.9 Å². The van der Waals surface area contributed by atoms with E-state index in [4.69, 9.17) is 18.7 Å². The minimum atomic E-state index is -0.409. The zero-order valence-electron chi connectivity index (χ0n) is 17.5. The minimum Gasteiger partial charge on any atom is -0.454 e. The fourth-order valence-corrected chi connectivity index (χ4v) is 3.25. The molecule has 0 spiro atoms. The lowest BCUT2D eigenvalue weighted by atomic mass is 9.99. The molecular formula is C23H25N3O5. The van der Waals surface area contributed by atoms with Crippen molar-refractivity contribution in [3.05, 3.63) is 60.0 Å². The van der Waals surface area contributed by atoms with Crippen molar-refractivity contribution < 1.29 is 23.5 Å². The molecule has 4 rings (SSSR count). The van der Waals surface area contributed by atoms with Crippen molar-refractivity contribution >= 4 is 5.91 Å². The molecule has 0 saturated heterocycles. The number of carbonyl (C=O) groups excluding carboxylic acids is 1. The van der Waals surface area contributed by atoms with E-state index in [1.807, 2.05) is 62.4 Å². The summed E-state index contributed by atoms with van der Waals surface area (Å²) < 4.78 is 21.8. The number of nitrogens with one attached hydrogen (secondary N) is 1. The molecule has 8 heteroatoms. The van der Waals surface area contributed by atoms with Crippen molar-refractivity contribution in [1.29, 1.82) is 0 Å². The highest BCUT2D eigenvalue weighted by molar-refractivity contribution is 5.77. The molecule has 0 saturated carbocycles. The van der Waals surface area contributed by atoms with Gasteiger partial charge in [-0.1, -0.05) is 55.8 Å². The van der Waals surface area contributed by atoms with Gasteiger partial charge in [0, 0.05) is 5.56 Å². The molecule has 0 bridgehead atoms. The molecule has 1 aromatic heterocycles. The fourth-order valence-electron chi connectivity index (χ4n) is 3.25. The average Bonchev–Trinajstić information content (AvgIpc) is 3.47. The molecule has 0 fully saturated rings. The van der Waals surface area contributed by atoms with Gasteiger partial charge < -0.3 is 24.1 Å². The van der Waals surface area contributed by atoms with E-state index in [1.54, 1.807) is 0 Å². The summed E-state index contributed by atoms with van der Waals surface area (Å²) in [6.45, 7) is 4.60. The highest BCUT2D eigenvalue weighted by Gasteiger charge is 2.27. The van der Waals surface area contributed by atoms with Crippen LogP contribution in [0.1, 0.15) is 37.8 Å². The maximum absolute atomic E-state index is 12.5. The Morgan fingerprint density at radius 3 is 2.77 bits per heavy atom. The minimum absolute atomic E-state index is 0.0506. The quantitative estimate of drug-likeness (QED) is 0.558. The van der Waals surface area contributed by atoms with Crippen LogP contribution < -0.4 is 14.8 Å². The molecular weight excluding hydrogens is 398 g/mol. The van der Waals surface area contributed by atoms with E-state index >= 15 is 0 Å². The van der Waals surface area contributed by atoms with Gasteiger partial charge in [0.2, 0.25) is 24.4 Å². The molecule has 1 amide bonds. The van der Waals surface area contributed by atoms with E-state index in [0.717, 1.165) is 17.5 Å². The van der Waals surface area contributed by atoms with E-state index in [1.165, 1.54) is 0 Å². The van der Waals surface area contributed by atoms with Crippen LogP contribution >= 0.6 is 0 Å². The van der Waals surface area contributed by atoms with Gasteiger partial charge in [0.1, 0.15) is 12.6 Å². The number of amides is 1. The third-order valence-corrected chi connectivity index (χ3v) is 5.21. The number of rotatable bonds is 9. The molecule has 1 N–H and O–H groups in total. The molecule has 1 aliphatic rings. The van der Waals surface area contributed by atoms with Crippen LogP contribution in [-0.2, 0) is 16.1 Å². The van der Waals surface area contributed by atoms with Gasteiger partial charge >= 0.3 is 0 Å². The van der Waals surface area contributed by atoms with Gasteiger partial charge in [0.15, 0.2) is 11.5 Å². The molecule has 3 aromatic rings. The number of hydrogen-bond donors (Lipinski definition) is 1. The van der Waals surface area contributed by atoms with Crippen molar-refractivity contribution in [2.24, 2.45) is 5.92 Å². The van der Waals surface area contributed by atoms with Gasteiger partial charge in [-0.3, -0.25) is 4.79 Å². The van der Waals surface area contributed by atoms with Crippen molar-refractivity contribution in [3.8, 4) is 22.9 Å². The van der Waals surface area contributed by atoms with Crippen LogP contribution in [-0.4, -0.2) is 29.4 Å². The molecule has 0 unspecified atom stereocenters. The van der Waals surface area contributed by atoms with E-state index in [2.05, 4.69) is 15.5 Å². The van der Waals surface area contributed by atoms with E-state index in [0.29, 0.717) is 29.8 Å². The first-order valence-electron chi connectivity index (χ1n) is 10.3. The standard InChI is InChI=1S/C23H25N3O5/c1-3-15(2)21(24-20(27)13-28-12-16-7-5-4-6-8-16)23-25-22(26-31-23)17-9-10-18-19(11-17)30-14-29-18/h4-11,15,21H,3,12-14H2,1-2H3,(H,24,27)/t15-,21+/m1/s1. The predicted octanol–water partition coefficient (Wildman–Crippen LogP) is 3.89. The molecule has 0 radical (unpaired) electrons. The molecule has 2 aromatic carbocycles. The average molecular weight is 423 g/mol. The zero-order valence-corrected chi connectivity index (χ0v) is 17.5. The van der Waals surface area contributed by atoms with Crippen LogP contribution in [0.5, 0.6) is 11.5 Å². The van der Waals surface area contributed by atoms with Crippen molar-refractivity contribution in [3.63, 3.8) is 0 Å². The predicted molar refractivity (Wildman–Crippen MR) is 112 cm³/mol. The Balaban J connectivity index is 1.41. The zero-order chi connectivity index (χ0) is 21.6. The Hall–Kier alpha value is -3.39. The highest BCUT2D eigenvalue weighted by Crippen LogP contribution is 2.35. The second-order valence-corrected chi connectivity index (χ2v) is 7.43. The van der Waals surface area contributed by atoms with Gasteiger partial charge in [-0.2, -0.15) is 4.98 Å². The van der Waals surface area contributed by atoms with Gasteiger partial charge in [0.05, 0.1) is 6.61 Å². The Morgan fingerprint density at radius 1 is 1.16 bits per heavy atom. The number of aromatic nitrogens is 2. The van der Waals surface area contributed by atoms with Crippen LogP contribution in [0.2, 0.25) is 0 Å². The van der Waals surface area contributed by atoms with Crippen molar-refractivity contribution in [2.75, 3.05) is 13.4 Å². The number of ether oxygens (including phenoxy) is 3. The Kier molecular flexibility index (Phi) is 6.47. The number of nitrogens with zero attached hydrogens (tertiary/aromatic N) is 2. The Labute approximate surface area is 180 Å². The summed E-state index contributed by atoms with van der Waals surface area (Å²) in [4.78, 5) is 17.0. The number of fused-ring (bicyclic) bond motifs is 1. The number of hydrogen-bond acceptors (Lipinski definition) is 7. The first-order chi connectivity index (χ1) is 15.1. The lowest BCUT2D eigenvalue weighted by molar-refractivity contribution is -0.127. The lowest BCUT2D eigenvalue weighted by Crippen LogP contribution is -2.35. The maximum atomic E-state index is 12.5. The fraction of sp³-hybridized carbons (Fsp3) is 0.348. The van der Waals surface area contributed by atoms with Crippen LogP contribution in [0.4, 0.5) is 0 Å². The molecule has 162 valence electrons. The van der Waals surface area contributed by atoms with Crippen LogP contribution in [0, 0.1) is 5.92 Å². The Bertz CT molecular complexity index is 1020. The second kappa shape index (κ2) is 9.61. The second-order valence-electron chi connectivity index (χ2n) is 7.43. The summed E-state index contributed by atoms with van der Waals surface area (Å²) >= 11 is 0. The van der Waals surface area contributed by atoms with Crippen LogP contribution in [0.25, 0.3) is 11.4 Å². The van der Waals surface area contributed by atoms with Gasteiger partial charge in [-0.25, -0.2) is 0 Å². The summed E-state index contributed by atoms with van der Waals surface area (Å²) in [5, 5.41) is 7.07. The molecule has 0 aliphatic carbocycles. The smallest absolute Gasteiger partial charge is 0.249 e. The van der Waals surface area contributed by atoms with E-state index < -0.39 is 6.04 Å². The summed E-state index contributed by atoms with van der Waals surface area (Å²) in [6, 6.07) is 14.8. The lowest BCUT2D eigenvalue weighted by Gasteiger charge is -2.20. The summed E-state index contributed by atoms with van der Waals surface area (Å²) in [7, 11) is 0. The third-order valence-electron chi connectivity index (χ3n) is 5.21. The van der Waals surface area contributed by atoms with Crippen molar-refractivity contribution in [1.82, 2.24) is 15.5 Å². The van der Waals surface area contributed by atoms with Gasteiger partial charge in [-0.05, 0) is 29.7 Å². The summed E-state index contributed by atoms with van der Waals surface area (Å²) in [5.74, 6) is 1.99. The maximum Gasteiger partial charge on any atom is 0.249 e. The topological polar surface area (TPSA) is 95.7 Å². The molecule has 2 heterocycles. The number of carbonyl (C=O) groups is 1. The molecule has 8 nitrogen and oxygen atoms in total. The summed E-state index contributed by atoms with van der Waals surface area (Å²) in [6.07, 6.45) is 0.831. The first-order valence-corrected chi connectivity index (χ1v) is 10.3. The largest absolute Gasteiger partial charge is 0.454 e. The van der Waals surface area contributed by atoms with Crippen LogP contribution in [0.15, 0.2) is 53.1 Å². The number of benzene rings is 2. The molecule has 31 heavy (non-hydrogen) atoms. The van der Waals surface area contributed by atoms with E-state index in [9.17, 15) is 4.79 Å². The van der Waals surface area contributed by atoms with E-state index in [-0.39, 0.29) is 25.2 Å². The first kappa shape index (κ1) is 20.9. The summed E-state index contributed by atoms with van der Waals surface area (Å²) in [5.41, 5.74) is 1.76.